The standard InChI is InChI=1S/C20H17ClF2OS/c1-20-9-10-5-6-11(21)7-12(10)18(20)13-8-16(20)25-15-4-2-3-14(17(13)15)24-19(22)23/h2-7,13,16,18-19H,8-9H2,1H3/t13?,16?,18-,20-/m1/s1. The van der Waals surface area contributed by atoms with Crippen LogP contribution in [0.25, 0.3) is 0 Å². The van der Waals surface area contributed by atoms with Crippen molar-refractivity contribution in [3.8, 4) is 5.75 Å². The second kappa shape index (κ2) is 5.37. The molecular weight excluding hydrogens is 362 g/mol. The van der Waals surface area contributed by atoms with Gasteiger partial charge in [-0.05, 0) is 65.5 Å². The quantitative estimate of drug-likeness (QED) is 0.610. The van der Waals surface area contributed by atoms with Gasteiger partial charge in [-0.15, -0.1) is 11.8 Å². The Kier molecular flexibility index (Phi) is 3.43. The van der Waals surface area contributed by atoms with E-state index in [9.17, 15) is 8.78 Å². The molecule has 0 saturated heterocycles. The van der Waals surface area contributed by atoms with E-state index in [4.69, 9.17) is 16.3 Å². The number of benzene rings is 2. The minimum atomic E-state index is -2.80. The molecule has 25 heavy (non-hydrogen) atoms. The average Bonchev–Trinajstić information content (AvgIpc) is 2.96. The number of halogens is 3. The molecule has 2 aromatic carbocycles. The molecule has 2 unspecified atom stereocenters. The fourth-order valence-electron chi connectivity index (χ4n) is 5.33. The first-order valence-corrected chi connectivity index (χ1v) is 9.76. The van der Waals surface area contributed by atoms with Crippen LogP contribution in [0.15, 0.2) is 41.3 Å². The summed E-state index contributed by atoms with van der Waals surface area (Å²) in [5.41, 5.74) is 3.74. The zero-order valence-electron chi connectivity index (χ0n) is 13.6. The number of rotatable bonds is 2. The van der Waals surface area contributed by atoms with Gasteiger partial charge in [0.15, 0.2) is 0 Å². The van der Waals surface area contributed by atoms with E-state index in [0.29, 0.717) is 16.9 Å². The van der Waals surface area contributed by atoms with E-state index < -0.39 is 6.61 Å². The highest BCUT2D eigenvalue weighted by Crippen LogP contribution is 2.70. The van der Waals surface area contributed by atoms with Gasteiger partial charge in [0.2, 0.25) is 0 Å². The Hall–Kier alpha value is -1.26. The lowest BCUT2D eigenvalue weighted by atomic mass is 9.76. The summed E-state index contributed by atoms with van der Waals surface area (Å²) >= 11 is 8.11. The highest BCUT2D eigenvalue weighted by atomic mass is 35.5. The molecular formula is C20H17ClF2OS. The van der Waals surface area contributed by atoms with Crippen molar-refractivity contribution in [2.24, 2.45) is 5.41 Å². The third-order valence-corrected chi connectivity index (χ3v) is 8.07. The lowest BCUT2D eigenvalue weighted by Gasteiger charge is -2.30. The van der Waals surface area contributed by atoms with E-state index in [1.807, 2.05) is 30.0 Å². The summed E-state index contributed by atoms with van der Waals surface area (Å²) in [6.45, 7) is -0.449. The average molecular weight is 379 g/mol. The van der Waals surface area contributed by atoms with Crippen LogP contribution < -0.4 is 4.74 Å². The van der Waals surface area contributed by atoms with Gasteiger partial charge in [-0.25, -0.2) is 0 Å². The number of thioether (sulfide) groups is 1. The number of ether oxygens (including phenoxy) is 1. The SMILES string of the molecule is C[C@]12Cc3ccc(Cl)cc3[C@@H]1C1CC2Sc2cccc(OC(F)F)c21. The maximum atomic E-state index is 12.9. The lowest BCUT2D eigenvalue weighted by molar-refractivity contribution is -0.0508. The molecule has 0 amide bonds. The van der Waals surface area contributed by atoms with Crippen molar-refractivity contribution < 1.29 is 13.5 Å². The van der Waals surface area contributed by atoms with Crippen molar-refractivity contribution in [3.63, 3.8) is 0 Å². The van der Waals surface area contributed by atoms with E-state index >= 15 is 0 Å². The fourth-order valence-corrected chi connectivity index (χ4v) is 7.16. The summed E-state index contributed by atoms with van der Waals surface area (Å²) < 4.78 is 30.7. The maximum absolute atomic E-state index is 12.9. The van der Waals surface area contributed by atoms with E-state index in [0.717, 1.165) is 28.3 Å². The molecule has 2 aromatic rings. The van der Waals surface area contributed by atoms with Crippen molar-refractivity contribution in [3.05, 3.63) is 58.1 Å². The smallest absolute Gasteiger partial charge is 0.387 e. The van der Waals surface area contributed by atoms with Crippen LogP contribution in [-0.4, -0.2) is 11.9 Å². The van der Waals surface area contributed by atoms with Crippen LogP contribution in [0.4, 0.5) is 8.78 Å². The molecule has 0 spiro atoms. The topological polar surface area (TPSA) is 9.23 Å². The van der Waals surface area contributed by atoms with Crippen LogP contribution >= 0.6 is 23.4 Å². The van der Waals surface area contributed by atoms with Gasteiger partial charge in [0.1, 0.15) is 5.75 Å². The molecule has 1 heterocycles. The summed E-state index contributed by atoms with van der Waals surface area (Å²) in [5, 5.41) is 1.23. The molecule has 0 radical (unpaired) electrons. The van der Waals surface area contributed by atoms with Gasteiger partial charge >= 0.3 is 6.61 Å². The summed E-state index contributed by atoms with van der Waals surface area (Å²) in [7, 11) is 0. The van der Waals surface area contributed by atoms with Gasteiger partial charge in [0.05, 0.1) is 0 Å². The van der Waals surface area contributed by atoms with Gasteiger partial charge in [-0.3, -0.25) is 0 Å². The first-order chi connectivity index (χ1) is 12.0. The Labute approximate surface area is 154 Å². The van der Waals surface area contributed by atoms with Gasteiger partial charge in [-0.1, -0.05) is 30.7 Å². The second-order valence-corrected chi connectivity index (χ2v) is 9.18. The first kappa shape index (κ1) is 16.0. The van der Waals surface area contributed by atoms with Crippen molar-refractivity contribution in [1.82, 2.24) is 0 Å². The van der Waals surface area contributed by atoms with Gasteiger partial charge < -0.3 is 4.74 Å². The molecule has 1 nitrogen and oxygen atoms in total. The molecule has 130 valence electrons. The van der Waals surface area contributed by atoms with Crippen LogP contribution in [0.2, 0.25) is 5.02 Å². The van der Waals surface area contributed by atoms with Gasteiger partial charge in [0.25, 0.3) is 0 Å². The molecule has 4 atom stereocenters. The number of fused-ring (bicyclic) bond motifs is 9. The first-order valence-electron chi connectivity index (χ1n) is 8.50. The van der Waals surface area contributed by atoms with Crippen LogP contribution in [-0.2, 0) is 6.42 Å². The molecule has 1 fully saturated rings. The largest absolute Gasteiger partial charge is 0.434 e. The summed E-state index contributed by atoms with van der Waals surface area (Å²) in [6.07, 6.45) is 2.03. The zero-order chi connectivity index (χ0) is 17.3. The van der Waals surface area contributed by atoms with Crippen LogP contribution in [0.5, 0.6) is 5.75 Å². The Morgan fingerprint density at radius 3 is 2.92 bits per heavy atom. The predicted molar refractivity (Wildman–Crippen MR) is 96.1 cm³/mol. The molecule has 2 aliphatic carbocycles. The summed E-state index contributed by atoms with van der Waals surface area (Å²) in [5.74, 6) is 0.853. The monoisotopic (exact) mass is 378 g/mol. The van der Waals surface area contributed by atoms with E-state index in [-0.39, 0.29) is 11.3 Å². The van der Waals surface area contributed by atoms with Crippen molar-refractivity contribution in [2.75, 3.05) is 0 Å². The van der Waals surface area contributed by atoms with E-state index in [1.165, 1.54) is 11.1 Å². The molecule has 0 aromatic heterocycles. The third-order valence-electron chi connectivity index (χ3n) is 6.21. The Morgan fingerprint density at radius 2 is 2.12 bits per heavy atom. The number of alkyl halides is 2. The molecule has 1 aliphatic heterocycles. The zero-order valence-corrected chi connectivity index (χ0v) is 15.2. The lowest BCUT2D eigenvalue weighted by Crippen LogP contribution is -2.26. The Morgan fingerprint density at radius 1 is 1.28 bits per heavy atom. The van der Waals surface area contributed by atoms with Gasteiger partial charge in [0, 0.05) is 20.7 Å². The molecule has 1 saturated carbocycles. The maximum Gasteiger partial charge on any atom is 0.387 e. The molecule has 5 rings (SSSR count). The van der Waals surface area contributed by atoms with Crippen molar-refractivity contribution >= 4 is 23.4 Å². The Balaban J connectivity index is 1.68. The Bertz CT molecular complexity index is 871. The molecule has 5 heteroatoms. The van der Waals surface area contributed by atoms with Crippen molar-refractivity contribution in [2.45, 2.75) is 48.4 Å². The minimum Gasteiger partial charge on any atom is -0.434 e. The highest BCUT2D eigenvalue weighted by molar-refractivity contribution is 8.00. The van der Waals surface area contributed by atoms with E-state index in [2.05, 4.69) is 19.1 Å². The van der Waals surface area contributed by atoms with Crippen LogP contribution in [0, 0.1) is 5.41 Å². The third kappa shape index (κ3) is 2.20. The highest BCUT2D eigenvalue weighted by Gasteiger charge is 2.59. The minimum absolute atomic E-state index is 0.128. The summed E-state index contributed by atoms with van der Waals surface area (Å²) in [6, 6.07) is 11.7. The van der Waals surface area contributed by atoms with Gasteiger partial charge in [-0.2, -0.15) is 8.78 Å². The van der Waals surface area contributed by atoms with Crippen LogP contribution in [0.3, 0.4) is 0 Å². The number of hydrogen-bond acceptors (Lipinski definition) is 2. The second-order valence-electron chi connectivity index (χ2n) is 7.50. The summed E-state index contributed by atoms with van der Waals surface area (Å²) in [4.78, 5) is 1.10. The molecule has 3 aliphatic rings. The molecule has 2 bridgehead atoms. The fraction of sp³-hybridized carbons (Fsp3) is 0.400. The normalized spacial score (nSPS) is 31.6. The number of hydrogen-bond donors (Lipinski definition) is 0. The van der Waals surface area contributed by atoms with Crippen molar-refractivity contribution in [1.29, 1.82) is 0 Å². The molecule has 0 N–H and O–H groups in total. The van der Waals surface area contributed by atoms with E-state index in [1.54, 1.807) is 6.07 Å². The predicted octanol–water partition coefficient (Wildman–Crippen LogP) is 6.25. The van der Waals surface area contributed by atoms with Crippen LogP contribution in [0.1, 0.15) is 41.9 Å².